The first-order valence-corrected chi connectivity index (χ1v) is 13.8. The van der Waals surface area contributed by atoms with Gasteiger partial charge in [-0.15, -0.1) is 0 Å². The fourth-order valence-corrected chi connectivity index (χ4v) is 3.44. The summed E-state index contributed by atoms with van der Waals surface area (Å²) in [5.74, 6) is 5.97. The van der Waals surface area contributed by atoms with Crippen LogP contribution >= 0.6 is 0 Å². The van der Waals surface area contributed by atoms with Gasteiger partial charge in [-0.1, -0.05) is 43.9 Å². The van der Waals surface area contributed by atoms with Crippen molar-refractivity contribution < 1.29 is 33.3 Å². The maximum Gasteiger partial charge on any atom is 0.343 e. The van der Waals surface area contributed by atoms with E-state index < -0.39 is 11.9 Å². The molecule has 0 unspecified atom stereocenters. The maximum absolute atomic E-state index is 12.5. The molecule has 0 heterocycles. The van der Waals surface area contributed by atoms with Crippen LogP contribution in [0.3, 0.4) is 0 Å². The summed E-state index contributed by atoms with van der Waals surface area (Å²) in [6.45, 7) is 6.60. The van der Waals surface area contributed by atoms with E-state index in [0.717, 1.165) is 42.0 Å². The minimum absolute atomic E-state index is 0.319. The van der Waals surface area contributed by atoms with Crippen molar-refractivity contribution in [3.63, 3.8) is 0 Å². The zero-order valence-electron chi connectivity index (χ0n) is 23.7. The summed E-state index contributed by atoms with van der Waals surface area (Å²) in [6.07, 6.45) is 7.50. The lowest BCUT2D eigenvalue weighted by Crippen LogP contribution is -2.08. The second-order valence-corrected chi connectivity index (χ2v) is 9.09. The third kappa shape index (κ3) is 11.6. The predicted molar refractivity (Wildman–Crippen MR) is 161 cm³/mol. The van der Waals surface area contributed by atoms with E-state index in [0.29, 0.717) is 43.3 Å². The molecule has 0 atom stereocenters. The van der Waals surface area contributed by atoms with Gasteiger partial charge >= 0.3 is 17.9 Å². The van der Waals surface area contributed by atoms with Crippen molar-refractivity contribution in [3.05, 3.63) is 114 Å². The molecule has 0 aromatic heterocycles. The smallest absolute Gasteiger partial charge is 0.343 e. The molecule has 3 aromatic carbocycles. The molecule has 0 aliphatic heterocycles. The lowest BCUT2D eigenvalue weighted by atomic mass is 10.1. The van der Waals surface area contributed by atoms with Gasteiger partial charge in [0.25, 0.3) is 0 Å². The molecule has 0 radical (unpaired) electrons. The molecule has 7 heteroatoms. The highest BCUT2D eigenvalue weighted by molar-refractivity contribution is 5.91. The largest absolute Gasteiger partial charge is 0.494 e. The van der Waals surface area contributed by atoms with Gasteiger partial charge < -0.3 is 18.9 Å². The Hall–Kier alpha value is -5.09. The number of benzene rings is 3. The summed E-state index contributed by atoms with van der Waals surface area (Å²) >= 11 is 0. The molecule has 216 valence electrons. The first-order chi connectivity index (χ1) is 20.5. The quantitative estimate of drug-likeness (QED) is 0.0719. The minimum atomic E-state index is -0.479. The van der Waals surface area contributed by atoms with Crippen molar-refractivity contribution in [3.8, 4) is 23.3 Å². The van der Waals surface area contributed by atoms with Crippen molar-refractivity contribution in [2.24, 2.45) is 0 Å². The molecule has 0 amide bonds. The summed E-state index contributed by atoms with van der Waals surface area (Å²) < 4.78 is 21.2. The standard InChI is InChI=1S/C35H34O7/c1-3-5-24-41-34(37)23-16-28-11-8-27(9-12-28)10-13-29-14-19-32(20-15-29)42-35(38)30-17-21-31(22-18-30)39-25-6-7-26-40-33(36)4-2/h4,8-9,11-12,14-23H,2-3,5-7,24-26H2,1H3. The molecule has 0 saturated heterocycles. The van der Waals surface area contributed by atoms with E-state index in [2.05, 4.69) is 18.4 Å². The fraction of sp³-hybridized carbons (Fsp3) is 0.229. The number of hydrogen-bond acceptors (Lipinski definition) is 7. The molecule has 7 nitrogen and oxygen atoms in total. The first kappa shape index (κ1) is 31.4. The average Bonchev–Trinajstić information content (AvgIpc) is 3.02. The first-order valence-electron chi connectivity index (χ1n) is 13.8. The number of esters is 3. The molecule has 0 bridgehead atoms. The van der Waals surface area contributed by atoms with Crippen LogP contribution in [0.2, 0.25) is 0 Å². The normalized spacial score (nSPS) is 10.3. The summed E-state index contributed by atoms with van der Waals surface area (Å²) in [5.41, 5.74) is 2.87. The molecular weight excluding hydrogens is 532 g/mol. The second kappa shape index (κ2) is 17.6. The maximum atomic E-state index is 12.5. The molecule has 0 fully saturated rings. The van der Waals surface area contributed by atoms with Crippen LogP contribution in [0, 0.1) is 11.8 Å². The van der Waals surface area contributed by atoms with Gasteiger partial charge in [0, 0.05) is 23.3 Å². The number of hydrogen-bond donors (Lipinski definition) is 0. The van der Waals surface area contributed by atoms with Crippen molar-refractivity contribution >= 4 is 24.0 Å². The number of carbonyl (C=O) groups is 3. The minimum Gasteiger partial charge on any atom is -0.494 e. The van der Waals surface area contributed by atoms with E-state index in [1.807, 2.05) is 31.2 Å². The highest BCUT2D eigenvalue weighted by atomic mass is 16.5. The van der Waals surface area contributed by atoms with E-state index in [4.69, 9.17) is 18.9 Å². The van der Waals surface area contributed by atoms with Crippen LogP contribution in [0.1, 0.15) is 59.7 Å². The number of carbonyl (C=O) groups excluding carboxylic acids is 3. The number of rotatable bonds is 14. The third-order valence-electron chi connectivity index (χ3n) is 5.79. The highest BCUT2D eigenvalue weighted by Crippen LogP contribution is 2.17. The lowest BCUT2D eigenvalue weighted by molar-refractivity contribution is -0.138. The molecule has 0 N–H and O–H groups in total. The van der Waals surface area contributed by atoms with Gasteiger partial charge in [0.1, 0.15) is 11.5 Å². The van der Waals surface area contributed by atoms with Crippen molar-refractivity contribution in [1.82, 2.24) is 0 Å². The zero-order valence-corrected chi connectivity index (χ0v) is 23.7. The summed E-state index contributed by atoms with van der Waals surface area (Å²) in [4.78, 5) is 35.2. The SMILES string of the molecule is C=CC(=O)OCCCCOc1ccc(C(=O)Oc2ccc(C#Cc3ccc(C=CC(=O)OCCCC)cc3)cc2)cc1. The Bertz CT molecular complexity index is 1410. The van der Waals surface area contributed by atoms with Crippen LogP contribution in [0.4, 0.5) is 0 Å². The van der Waals surface area contributed by atoms with Crippen LogP contribution in [-0.4, -0.2) is 37.7 Å². The molecule has 42 heavy (non-hydrogen) atoms. The van der Waals surface area contributed by atoms with Gasteiger partial charge in [-0.3, -0.25) is 0 Å². The Morgan fingerprint density at radius 1 is 0.714 bits per heavy atom. The molecule has 3 aromatic rings. The Morgan fingerprint density at radius 3 is 1.93 bits per heavy atom. The monoisotopic (exact) mass is 566 g/mol. The van der Waals surface area contributed by atoms with Crippen molar-refractivity contribution in [2.45, 2.75) is 32.6 Å². The zero-order chi connectivity index (χ0) is 30.0. The van der Waals surface area contributed by atoms with E-state index in [1.54, 1.807) is 54.6 Å². The van der Waals surface area contributed by atoms with Gasteiger partial charge in [0.2, 0.25) is 0 Å². The fourth-order valence-electron chi connectivity index (χ4n) is 3.44. The van der Waals surface area contributed by atoms with Crippen LogP contribution < -0.4 is 9.47 Å². The van der Waals surface area contributed by atoms with Crippen LogP contribution in [0.25, 0.3) is 6.08 Å². The molecule has 0 aliphatic rings. The Kier molecular flexibility index (Phi) is 13.2. The van der Waals surface area contributed by atoms with Crippen molar-refractivity contribution in [1.29, 1.82) is 0 Å². The topological polar surface area (TPSA) is 88.1 Å². The summed E-state index contributed by atoms with van der Waals surface area (Å²) in [6, 6.07) is 21.2. The van der Waals surface area contributed by atoms with E-state index in [-0.39, 0.29) is 5.97 Å². The number of ether oxygens (including phenoxy) is 4. The van der Waals surface area contributed by atoms with Crippen LogP contribution in [0.15, 0.2) is 91.5 Å². The summed E-state index contributed by atoms with van der Waals surface area (Å²) in [5, 5.41) is 0. The predicted octanol–water partition coefficient (Wildman–Crippen LogP) is 6.55. The molecule has 3 rings (SSSR count). The lowest BCUT2D eigenvalue weighted by Gasteiger charge is -2.08. The average molecular weight is 567 g/mol. The van der Waals surface area contributed by atoms with E-state index in [9.17, 15) is 14.4 Å². The van der Waals surface area contributed by atoms with Gasteiger partial charge in [0.05, 0.1) is 25.4 Å². The van der Waals surface area contributed by atoms with E-state index in [1.165, 1.54) is 6.08 Å². The molecule has 0 spiro atoms. The Morgan fingerprint density at radius 2 is 1.29 bits per heavy atom. The van der Waals surface area contributed by atoms with Gasteiger partial charge in [0.15, 0.2) is 0 Å². The van der Waals surface area contributed by atoms with Crippen LogP contribution in [0.5, 0.6) is 11.5 Å². The third-order valence-corrected chi connectivity index (χ3v) is 5.79. The molecule has 0 aliphatic carbocycles. The van der Waals surface area contributed by atoms with Gasteiger partial charge in [-0.2, -0.15) is 0 Å². The van der Waals surface area contributed by atoms with Crippen LogP contribution in [-0.2, 0) is 19.1 Å². The Labute approximate surface area is 246 Å². The number of unbranched alkanes of at least 4 members (excludes halogenated alkanes) is 2. The van der Waals surface area contributed by atoms with Gasteiger partial charge in [-0.05, 0) is 91.6 Å². The van der Waals surface area contributed by atoms with E-state index >= 15 is 0 Å². The van der Waals surface area contributed by atoms with Gasteiger partial charge in [-0.25, -0.2) is 14.4 Å². The molecular formula is C35H34O7. The highest BCUT2D eigenvalue weighted by Gasteiger charge is 2.09. The molecule has 0 saturated carbocycles. The second-order valence-electron chi connectivity index (χ2n) is 9.09. The Balaban J connectivity index is 1.43. The summed E-state index contributed by atoms with van der Waals surface area (Å²) in [7, 11) is 0. The van der Waals surface area contributed by atoms with Crippen molar-refractivity contribution in [2.75, 3.05) is 19.8 Å².